The van der Waals surface area contributed by atoms with Crippen molar-refractivity contribution in [1.29, 1.82) is 0 Å². The van der Waals surface area contributed by atoms with Crippen LogP contribution in [0.25, 0.3) is 0 Å². The third-order valence-corrected chi connectivity index (χ3v) is 4.29. The molecule has 1 heterocycles. The Morgan fingerprint density at radius 1 is 1.12 bits per heavy atom. The molecular weight excluding hydrogens is 330 g/mol. The molecule has 0 spiro atoms. The Labute approximate surface area is 153 Å². The molecule has 2 aromatic carbocycles. The first kappa shape index (κ1) is 18.0. The van der Waals surface area contributed by atoms with Crippen LogP contribution in [0.5, 0.6) is 5.75 Å². The monoisotopic (exact) mass is 353 g/mol. The van der Waals surface area contributed by atoms with Gasteiger partial charge in [0.15, 0.2) is 6.10 Å². The van der Waals surface area contributed by atoms with E-state index in [1.807, 2.05) is 57.2 Å². The van der Waals surface area contributed by atoms with Crippen molar-refractivity contribution in [3.8, 4) is 5.75 Å². The number of esters is 1. The molecule has 1 amide bonds. The maximum atomic E-state index is 12.5. The van der Waals surface area contributed by atoms with Crippen molar-refractivity contribution >= 4 is 11.9 Å². The number of fused-ring (bicyclic) bond motifs is 1. The average Bonchev–Trinajstić information content (AvgIpc) is 2.61. The number of ether oxygens (including phenoxy) is 2. The summed E-state index contributed by atoms with van der Waals surface area (Å²) < 4.78 is 10.9. The molecule has 0 radical (unpaired) electrons. The van der Waals surface area contributed by atoms with Crippen molar-refractivity contribution in [3.05, 3.63) is 65.2 Å². The number of carbonyl (C=O) groups excluding carboxylic acids is 2. The van der Waals surface area contributed by atoms with Gasteiger partial charge in [-0.25, -0.2) is 4.79 Å². The van der Waals surface area contributed by atoms with Crippen LogP contribution in [0.1, 0.15) is 48.3 Å². The highest BCUT2D eigenvalue weighted by Crippen LogP contribution is 2.22. The van der Waals surface area contributed by atoms with E-state index in [4.69, 9.17) is 9.47 Å². The maximum Gasteiger partial charge on any atom is 0.339 e. The molecule has 5 heteroatoms. The van der Waals surface area contributed by atoms with Crippen LogP contribution in [0.4, 0.5) is 0 Å². The molecule has 1 aliphatic rings. The summed E-state index contributed by atoms with van der Waals surface area (Å²) in [5, 5.41) is 2.92. The fraction of sp³-hybridized carbons (Fsp3) is 0.333. The van der Waals surface area contributed by atoms with E-state index in [0.717, 1.165) is 16.9 Å². The van der Waals surface area contributed by atoms with Crippen LogP contribution in [0, 0.1) is 0 Å². The molecule has 1 aliphatic heterocycles. The first-order valence-electron chi connectivity index (χ1n) is 8.80. The number of hydrogen-bond acceptors (Lipinski definition) is 4. The summed E-state index contributed by atoms with van der Waals surface area (Å²) in [5.41, 5.74) is 2.33. The SMILES string of the molecule is CC(C)Oc1ccc(C(C)NC(=O)C2Cc3ccccc3C(=O)O2)cc1. The summed E-state index contributed by atoms with van der Waals surface area (Å²) in [6.45, 7) is 5.84. The summed E-state index contributed by atoms with van der Waals surface area (Å²) in [7, 11) is 0. The van der Waals surface area contributed by atoms with Gasteiger partial charge in [-0.15, -0.1) is 0 Å². The van der Waals surface area contributed by atoms with Crippen molar-refractivity contribution in [3.63, 3.8) is 0 Å². The molecule has 0 fully saturated rings. The Kier molecular flexibility index (Phi) is 5.26. The number of rotatable bonds is 5. The molecule has 0 aromatic heterocycles. The van der Waals surface area contributed by atoms with Crippen LogP contribution < -0.4 is 10.1 Å². The average molecular weight is 353 g/mol. The molecule has 2 aromatic rings. The summed E-state index contributed by atoms with van der Waals surface area (Å²) in [6.07, 6.45) is -0.299. The van der Waals surface area contributed by atoms with E-state index in [2.05, 4.69) is 5.32 Å². The fourth-order valence-electron chi connectivity index (χ4n) is 2.97. The topological polar surface area (TPSA) is 64.6 Å². The van der Waals surface area contributed by atoms with Gasteiger partial charge >= 0.3 is 5.97 Å². The molecule has 5 nitrogen and oxygen atoms in total. The zero-order valence-corrected chi connectivity index (χ0v) is 15.2. The van der Waals surface area contributed by atoms with Gasteiger partial charge in [-0.3, -0.25) is 4.79 Å². The van der Waals surface area contributed by atoms with E-state index in [0.29, 0.717) is 12.0 Å². The van der Waals surface area contributed by atoms with Crippen LogP contribution in [-0.4, -0.2) is 24.1 Å². The van der Waals surface area contributed by atoms with Gasteiger partial charge in [0.05, 0.1) is 17.7 Å². The number of benzene rings is 2. The predicted molar refractivity (Wildman–Crippen MR) is 98.1 cm³/mol. The zero-order chi connectivity index (χ0) is 18.7. The lowest BCUT2D eigenvalue weighted by molar-refractivity contribution is -0.131. The van der Waals surface area contributed by atoms with E-state index in [1.54, 1.807) is 12.1 Å². The first-order valence-corrected chi connectivity index (χ1v) is 8.80. The zero-order valence-electron chi connectivity index (χ0n) is 15.2. The predicted octanol–water partition coefficient (Wildman–Crippen LogP) is 3.43. The van der Waals surface area contributed by atoms with Crippen molar-refractivity contribution in [2.45, 2.75) is 45.4 Å². The van der Waals surface area contributed by atoms with Crippen molar-refractivity contribution < 1.29 is 19.1 Å². The fourth-order valence-corrected chi connectivity index (χ4v) is 2.97. The molecule has 0 saturated carbocycles. The standard InChI is InChI=1S/C21H23NO4/c1-13(2)25-17-10-8-15(9-11-17)14(3)22-20(23)19-12-16-6-4-5-7-18(16)21(24)26-19/h4-11,13-14,19H,12H2,1-3H3,(H,22,23). The number of carbonyl (C=O) groups is 2. The van der Waals surface area contributed by atoms with E-state index in [9.17, 15) is 9.59 Å². The van der Waals surface area contributed by atoms with Crippen LogP contribution in [0.2, 0.25) is 0 Å². The second kappa shape index (κ2) is 7.60. The third kappa shape index (κ3) is 4.04. The number of hydrogen-bond donors (Lipinski definition) is 1. The molecule has 26 heavy (non-hydrogen) atoms. The van der Waals surface area contributed by atoms with Crippen molar-refractivity contribution in [2.75, 3.05) is 0 Å². The largest absolute Gasteiger partial charge is 0.491 e. The maximum absolute atomic E-state index is 12.5. The van der Waals surface area contributed by atoms with Crippen LogP contribution in [0.15, 0.2) is 48.5 Å². The van der Waals surface area contributed by atoms with Crippen LogP contribution >= 0.6 is 0 Å². The molecule has 0 saturated heterocycles. The van der Waals surface area contributed by atoms with E-state index >= 15 is 0 Å². The summed E-state index contributed by atoms with van der Waals surface area (Å²) >= 11 is 0. The number of amides is 1. The molecule has 0 aliphatic carbocycles. The minimum absolute atomic E-state index is 0.113. The lowest BCUT2D eigenvalue weighted by Gasteiger charge is -2.25. The third-order valence-electron chi connectivity index (χ3n) is 4.29. The van der Waals surface area contributed by atoms with Gasteiger partial charge in [-0.1, -0.05) is 30.3 Å². The van der Waals surface area contributed by atoms with Gasteiger partial charge < -0.3 is 14.8 Å². The van der Waals surface area contributed by atoms with Crippen molar-refractivity contribution in [1.82, 2.24) is 5.32 Å². The summed E-state index contributed by atoms with van der Waals surface area (Å²) in [4.78, 5) is 24.6. The van der Waals surface area contributed by atoms with Gasteiger partial charge in [0.1, 0.15) is 5.75 Å². The van der Waals surface area contributed by atoms with Gasteiger partial charge in [0, 0.05) is 6.42 Å². The molecule has 1 N–H and O–H groups in total. The second-order valence-electron chi connectivity index (χ2n) is 6.72. The first-order chi connectivity index (χ1) is 12.4. The number of cyclic esters (lactones) is 1. The van der Waals surface area contributed by atoms with Gasteiger partial charge in [-0.05, 0) is 50.1 Å². The van der Waals surface area contributed by atoms with Gasteiger partial charge in [0.2, 0.25) is 0 Å². The quantitative estimate of drug-likeness (QED) is 0.837. The molecule has 2 unspecified atom stereocenters. The van der Waals surface area contributed by atoms with Crippen molar-refractivity contribution in [2.24, 2.45) is 0 Å². The molecule has 0 bridgehead atoms. The Balaban J connectivity index is 1.64. The molecule has 136 valence electrons. The summed E-state index contributed by atoms with van der Waals surface area (Å²) in [6, 6.07) is 14.6. The minimum Gasteiger partial charge on any atom is -0.491 e. The number of nitrogens with one attached hydrogen (secondary N) is 1. The van der Waals surface area contributed by atoms with Gasteiger partial charge in [0.25, 0.3) is 5.91 Å². The second-order valence-corrected chi connectivity index (χ2v) is 6.72. The molecule has 3 rings (SSSR count). The Hall–Kier alpha value is -2.82. The van der Waals surface area contributed by atoms with Crippen LogP contribution in [-0.2, 0) is 16.0 Å². The van der Waals surface area contributed by atoms with Gasteiger partial charge in [-0.2, -0.15) is 0 Å². The lowest BCUT2D eigenvalue weighted by atomic mass is 9.98. The Bertz CT molecular complexity index is 798. The van der Waals surface area contributed by atoms with E-state index in [1.165, 1.54) is 0 Å². The van der Waals surface area contributed by atoms with Crippen LogP contribution in [0.3, 0.4) is 0 Å². The summed E-state index contributed by atoms with van der Waals surface area (Å²) in [5.74, 6) is 0.0535. The Morgan fingerprint density at radius 3 is 2.50 bits per heavy atom. The normalized spacial score (nSPS) is 17.2. The highest BCUT2D eigenvalue weighted by atomic mass is 16.5. The van der Waals surface area contributed by atoms with E-state index < -0.39 is 12.1 Å². The lowest BCUT2D eigenvalue weighted by Crippen LogP contribution is -2.42. The smallest absolute Gasteiger partial charge is 0.339 e. The Morgan fingerprint density at radius 2 is 1.81 bits per heavy atom. The highest BCUT2D eigenvalue weighted by molar-refractivity contribution is 5.95. The minimum atomic E-state index is -0.802. The highest BCUT2D eigenvalue weighted by Gasteiger charge is 2.31. The molecular formula is C21H23NO4. The van der Waals surface area contributed by atoms with E-state index in [-0.39, 0.29) is 18.1 Å². The molecule has 2 atom stereocenters.